The van der Waals surface area contributed by atoms with Crippen LogP contribution in [-0.2, 0) is 0 Å². The van der Waals surface area contributed by atoms with Gasteiger partial charge in [0.25, 0.3) is 0 Å². The van der Waals surface area contributed by atoms with Crippen LogP contribution in [0.5, 0.6) is 11.5 Å². The van der Waals surface area contributed by atoms with Crippen LogP contribution < -0.4 is 4.74 Å². The van der Waals surface area contributed by atoms with Gasteiger partial charge in [0.15, 0.2) is 5.76 Å². The third kappa shape index (κ3) is 1.24. The number of ketones is 1. The van der Waals surface area contributed by atoms with Crippen molar-refractivity contribution in [1.29, 1.82) is 0 Å². The zero-order chi connectivity index (χ0) is 11.1. The minimum Gasteiger partial charge on any atom is -0.507 e. The predicted octanol–water partition coefficient (Wildman–Crippen LogP) is 2.80. The van der Waals surface area contributed by atoms with Crippen molar-refractivity contribution in [2.45, 2.75) is 25.7 Å². The lowest BCUT2D eigenvalue weighted by Gasteiger charge is -2.01. The van der Waals surface area contributed by atoms with Gasteiger partial charge in [-0.1, -0.05) is 6.07 Å². The molecule has 3 heteroatoms. The first-order valence-electron chi connectivity index (χ1n) is 5.54. The molecule has 0 saturated heterocycles. The molecule has 1 saturated carbocycles. The van der Waals surface area contributed by atoms with E-state index < -0.39 is 0 Å². The molecule has 82 valence electrons. The Kier molecular flexibility index (Phi) is 1.99. The summed E-state index contributed by atoms with van der Waals surface area (Å²) in [5.74, 6) is 0.787. The molecule has 1 aromatic carbocycles. The number of fused-ring (bicyclic) bond motifs is 1. The third-order valence-electron chi connectivity index (χ3n) is 3.18. The molecule has 0 unspecified atom stereocenters. The Morgan fingerprint density at radius 3 is 2.62 bits per heavy atom. The van der Waals surface area contributed by atoms with E-state index >= 15 is 0 Å². The van der Waals surface area contributed by atoms with Crippen LogP contribution in [-0.4, -0.2) is 10.9 Å². The highest BCUT2D eigenvalue weighted by atomic mass is 16.5. The zero-order valence-electron chi connectivity index (χ0n) is 8.82. The maximum atomic E-state index is 12.1. The lowest BCUT2D eigenvalue weighted by molar-refractivity contribution is 0.101. The number of allylic oxidation sites excluding steroid dienone is 2. The van der Waals surface area contributed by atoms with Crippen molar-refractivity contribution in [3.8, 4) is 11.5 Å². The Morgan fingerprint density at radius 1 is 1.19 bits per heavy atom. The van der Waals surface area contributed by atoms with Gasteiger partial charge in [-0.05, 0) is 43.4 Å². The van der Waals surface area contributed by atoms with Gasteiger partial charge in [-0.3, -0.25) is 4.79 Å². The standard InChI is InChI=1S/C13H12O3/c14-9-6-3-7-10-11(9)12(15)13(16-10)8-4-1-2-5-8/h3,6-7,14H,1-2,4-5H2. The molecule has 0 bridgehead atoms. The highest BCUT2D eigenvalue weighted by Crippen LogP contribution is 2.40. The fourth-order valence-corrected chi connectivity index (χ4v) is 2.36. The van der Waals surface area contributed by atoms with Crippen LogP contribution in [0, 0.1) is 0 Å². The highest BCUT2D eigenvalue weighted by Gasteiger charge is 2.33. The summed E-state index contributed by atoms with van der Waals surface area (Å²) in [4.78, 5) is 12.1. The van der Waals surface area contributed by atoms with Gasteiger partial charge < -0.3 is 9.84 Å². The second-order valence-corrected chi connectivity index (χ2v) is 4.22. The van der Waals surface area contributed by atoms with E-state index in [0.717, 1.165) is 31.3 Å². The maximum absolute atomic E-state index is 12.1. The Labute approximate surface area is 93.4 Å². The van der Waals surface area contributed by atoms with Crippen molar-refractivity contribution < 1.29 is 14.6 Å². The number of hydrogen-bond donors (Lipinski definition) is 1. The molecule has 0 aromatic heterocycles. The van der Waals surface area contributed by atoms with E-state index in [-0.39, 0.29) is 11.5 Å². The predicted molar refractivity (Wildman–Crippen MR) is 58.6 cm³/mol. The molecule has 1 aliphatic carbocycles. The summed E-state index contributed by atoms with van der Waals surface area (Å²) >= 11 is 0. The van der Waals surface area contributed by atoms with Gasteiger partial charge in [0, 0.05) is 0 Å². The Balaban J connectivity index is 2.10. The molecule has 3 nitrogen and oxygen atoms in total. The van der Waals surface area contributed by atoms with E-state index in [1.54, 1.807) is 12.1 Å². The number of ether oxygens (including phenoxy) is 1. The number of phenolic OH excluding ortho intramolecular Hbond substituents is 1. The van der Waals surface area contributed by atoms with E-state index in [0.29, 0.717) is 17.1 Å². The first kappa shape index (κ1) is 9.46. The van der Waals surface area contributed by atoms with Crippen molar-refractivity contribution >= 4 is 5.78 Å². The summed E-state index contributed by atoms with van der Waals surface area (Å²) in [5, 5.41) is 9.64. The number of aromatic hydroxyl groups is 1. The lowest BCUT2D eigenvalue weighted by atomic mass is 10.1. The first-order chi connectivity index (χ1) is 7.77. The Bertz CT molecular complexity index is 492. The summed E-state index contributed by atoms with van der Waals surface area (Å²) in [6.45, 7) is 0. The van der Waals surface area contributed by atoms with Crippen molar-refractivity contribution in [3.63, 3.8) is 0 Å². The summed E-state index contributed by atoms with van der Waals surface area (Å²) in [6.07, 6.45) is 4.13. The summed E-state index contributed by atoms with van der Waals surface area (Å²) in [5.41, 5.74) is 1.41. The number of carbonyl (C=O) groups is 1. The minimum absolute atomic E-state index is 0.0103. The molecule has 0 atom stereocenters. The van der Waals surface area contributed by atoms with Crippen molar-refractivity contribution in [1.82, 2.24) is 0 Å². The topological polar surface area (TPSA) is 46.5 Å². The van der Waals surface area contributed by atoms with Gasteiger partial charge in [0.05, 0.1) is 0 Å². The Hall–Kier alpha value is -1.77. The van der Waals surface area contributed by atoms with Crippen molar-refractivity contribution in [3.05, 3.63) is 35.1 Å². The van der Waals surface area contributed by atoms with Crippen LogP contribution >= 0.6 is 0 Å². The van der Waals surface area contributed by atoms with E-state index in [1.807, 2.05) is 0 Å². The molecular formula is C13H12O3. The van der Waals surface area contributed by atoms with Gasteiger partial charge in [0.2, 0.25) is 5.78 Å². The smallest absolute Gasteiger partial charge is 0.235 e. The average Bonchev–Trinajstić information content (AvgIpc) is 2.86. The molecule has 1 heterocycles. The largest absolute Gasteiger partial charge is 0.507 e. The normalized spacial score (nSPS) is 18.9. The molecule has 0 radical (unpaired) electrons. The Morgan fingerprint density at radius 2 is 1.94 bits per heavy atom. The number of Topliss-reactive ketones (excluding diaryl/α,β-unsaturated/α-hetero) is 1. The van der Waals surface area contributed by atoms with Crippen LogP contribution in [0.25, 0.3) is 0 Å². The van der Waals surface area contributed by atoms with Crippen molar-refractivity contribution in [2.75, 3.05) is 0 Å². The minimum atomic E-state index is -0.162. The number of rotatable bonds is 0. The van der Waals surface area contributed by atoms with E-state index in [9.17, 15) is 9.90 Å². The van der Waals surface area contributed by atoms with Gasteiger partial charge in [0.1, 0.15) is 17.1 Å². The average molecular weight is 216 g/mol. The number of hydrogen-bond acceptors (Lipinski definition) is 3. The molecular weight excluding hydrogens is 204 g/mol. The maximum Gasteiger partial charge on any atom is 0.235 e. The molecule has 2 aliphatic rings. The van der Waals surface area contributed by atoms with Gasteiger partial charge in [-0.15, -0.1) is 0 Å². The second-order valence-electron chi connectivity index (χ2n) is 4.22. The van der Waals surface area contributed by atoms with Crippen molar-refractivity contribution in [2.24, 2.45) is 0 Å². The van der Waals surface area contributed by atoms with Gasteiger partial charge in [-0.25, -0.2) is 0 Å². The number of benzene rings is 1. The quantitative estimate of drug-likeness (QED) is 0.678. The lowest BCUT2D eigenvalue weighted by Crippen LogP contribution is -2.02. The second kappa shape index (κ2) is 3.37. The van der Waals surface area contributed by atoms with E-state index in [1.165, 1.54) is 6.07 Å². The number of carbonyl (C=O) groups excluding carboxylic acids is 1. The first-order valence-corrected chi connectivity index (χ1v) is 5.54. The molecule has 1 aliphatic heterocycles. The highest BCUT2D eigenvalue weighted by molar-refractivity contribution is 6.14. The molecule has 16 heavy (non-hydrogen) atoms. The van der Waals surface area contributed by atoms with Crippen LogP contribution in [0.15, 0.2) is 29.5 Å². The molecule has 0 amide bonds. The third-order valence-corrected chi connectivity index (χ3v) is 3.18. The number of phenols is 1. The van der Waals surface area contributed by atoms with E-state index in [2.05, 4.69) is 0 Å². The summed E-state index contributed by atoms with van der Waals surface area (Å²) in [7, 11) is 0. The van der Waals surface area contributed by atoms with Gasteiger partial charge >= 0.3 is 0 Å². The fourth-order valence-electron chi connectivity index (χ4n) is 2.36. The van der Waals surface area contributed by atoms with Crippen LogP contribution in [0.2, 0.25) is 0 Å². The SMILES string of the molecule is O=C1C(=C2CCCC2)Oc2cccc(O)c21. The molecule has 3 rings (SSSR count). The molecule has 0 spiro atoms. The van der Waals surface area contributed by atoms with E-state index in [4.69, 9.17) is 4.74 Å². The zero-order valence-corrected chi connectivity index (χ0v) is 8.82. The molecule has 1 N–H and O–H groups in total. The summed E-state index contributed by atoms with van der Waals surface area (Å²) < 4.78 is 5.55. The monoisotopic (exact) mass is 216 g/mol. The van der Waals surface area contributed by atoms with Gasteiger partial charge in [-0.2, -0.15) is 0 Å². The van der Waals surface area contributed by atoms with Crippen LogP contribution in [0.1, 0.15) is 36.0 Å². The molecule has 1 aromatic rings. The molecule has 1 fully saturated rings. The van der Waals surface area contributed by atoms with Crippen LogP contribution in [0.3, 0.4) is 0 Å². The van der Waals surface area contributed by atoms with Crippen LogP contribution in [0.4, 0.5) is 0 Å². The summed E-state index contributed by atoms with van der Waals surface area (Å²) in [6, 6.07) is 4.92. The fraction of sp³-hybridized carbons (Fsp3) is 0.308.